The first-order valence-electron chi connectivity index (χ1n) is 9.81. The second kappa shape index (κ2) is 7.56. The van der Waals surface area contributed by atoms with Gasteiger partial charge in [0.2, 0.25) is 6.79 Å². The van der Waals surface area contributed by atoms with Crippen LogP contribution in [-0.2, 0) is 6.54 Å². The predicted octanol–water partition coefficient (Wildman–Crippen LogP) is 3.68. The summed E-state index contributed by atoms with van der Waals surface area (Å²) in [6.07, 6.45) is 6.47. The second-order valence-electron chi connectivity index (χ2n) is 7.42. The van der Waals surface area contributed by atoms with E-state index >= 15 is 0 Å². The average Bonchev–Trinajstić information content (AvgIpc) is 3.38. The molecule has 1 aromatic heterocycles. The van der Waals surface area contributed by atoms with Crippen LogP contribution < -0.4 is 14.8 Å². The first-order chi connectivity index (χ1) is 13.8. The number of piperidine rings is 1. The first-order valence-corrected chi connectivity index (χ1v) is 9.81. The maximum Gasteiger partial charge on any atom is 0.231 e. The Balaban J connectivity index is 1.21. The van der Waals surface area contributed by atoms with Gasteiger partial charge in [0.05, 0.1) is 11.9 Å². The molecule has 1 atom stereocenters. The van der Waals surface area contributed by atoms with E-state index in [9.17, 15) is 0 Å². The van der Waals surface area contributed by atoms with Gasteiger partial charge < -0.3 is 14.8 Å². The summed E-state index contributed by atoms with van der Waals surface area (Å²) in [4.78, 5) is 2.50. The largest absolute Gasteiger partial charge is 0.454 e. The molecule has 6 heteroatoms. The van der Waals surface area contributed by atoms with Gasteiger partial charge in [-0.25, -0.2) is 4.68 Å². The summed E-state index contributed by atoms with van der Waals surface area (Å²) < 4.78 is 12.8. The van der Waals surface area contributed by atoms with Crippen LogP contribution in [0, 0.1) is 0 Å². The number of hydrogen-bond acceptors (Lipinski definition) is 5. The Morgan fingerprint density at radius 1 is 1.07 bits per heavy atom. The Morgan fingerprint density at radius 3 is 2.89 bits per heavy atom. The molecule has 3 aromatic rings. The molecule has 0 aliphatic carbocycles. The van der Waals surface area contributed by atoms with Crippen LogP contribution >= 0.6 is 0 Å². The van der Waals surface area contributed by atoms with Crippen molar-refractivity contribution in [3.8, 4) is 17.2 Å². The molecule has 144 valence electrons. The highest BCUT2D eigenvalue weighted by Gasteiger charge is 2.21. The lowest BCUT2D eigenvalue weighted by molar-refractivity contribution is 0.174. The van der Waals surface area contributed by atoms with Crippen LogP contribution in [0.4, 0.5) is 5.69 Å². The van der Waals surface area contributed by atoms with Crippen LogP contribution in [0.1, 0.15) is 18.4 Å². The van der Waals surface area contributed by atoms with Crippen molar-refractivity contribution in [2.24, 2.45) is 0 Å². The zero-order chi connectivity index (χ0) is 18.8. The number of anilines is 1. The molecule has 0 radical (unpaired) electrons. The minimum absolute atomic E-state index is 0.312. The number of rotatable bonds is 5. The van der Waals surface area contributed by atoms with Crippen molar-refractivity contribution in [2.75, 3.05) is 25.2 Å². The van der Waals surface area contributed by atoms with E-state index in [1.807, 2.05) is 41.2 Å². The van der Waals surface area contributed by atoms with Gasteiger partial charge in [-0.2, -0.15) is 5.10 Å². The number of hydrogen-bond donors (Lipinski definition) is 1. The molecule has 2 aromatic carbocycles. The van der Waals surface area contributed by atoms with E-state index in [1.165, 1.54) is 18.4 Å². The van der Waals surface area contributed by atoms with Crippen LogP contribution in [-0.4, -0.2) is 40.6 Å². The SMILES string of the molecule is c1ccc(-n2cc(CN3CCC[C@@H](Nc4ccc5c(c4)OCO5)C3)cn2)cc1. The van der Waals surface area contributed by atoms with Crippen molar-refractivity contribution in [3.63, 3.8) is 0 Å². The molecule has 0 bridgehead atoms. The average molecular weight is 376 g/mol. The second-order valence-corrected chi connectivity index (χ2v) is 7.42. The summed E-state index contributed by atoms with van der Waals surface area (Å²) >= 11 is 0. The number of benzene rings is 2. The molecule has 0 unspecified atom stereocenters. The quantitative estimate of drug-likeness (QED) is 0.736. The third-order valence-corrected chi connectivity index (χ3v) is 5.31. The standard InChI is InChI=1S/C22H24N4O2/c1-2-6-20(7-3-1)26-14-17(12-23-26)13-25-10-4-5-19(15-25)24-18-8-9-21-22(11-18)28-16-27-21/h1-3,6-9,11-12,14,19,24H,4-5,10,13,15-16H2/t19-/m1/s1. The van der Waals surface area contributed by atoms with Crippen LogP contribution in [0.3, 0.4) is 0 Å². The Morgan fingerprint density at radius 2 is 1.96 bits per heavy atom. The molecule has 28 heavy (non-hydrogen) atoms. The van der Waals surface area contributed by atoms with Gasteiger partial charge in [0, 0.05) is 42.6 Å². The van der Waals surface area contributed by atoms with Gasteiger partial charge in [-0.3, -0.25) is 4.90 Å². The predicted molar refractivity (Wildman–Crippen MR) is 108 cm³/mol. The van der Waals surface area contributed by atoms with E-state index in [1.54, 1.807) is 0 Å². The van der Waals surface area contributed by atoms with Crippen molar-refractivity contribution in [1.82, 2.24) is 14.7 Å². The fraction of sp³-hybridized carbons (Fsp3) is 0.318. The Bertz CT molecular complexity index is 941. The monoisotopic (exact) mass is 376 g/mol. The van der Waals surface area contributed by atoms with Gasteiger partial charge in [-0.1, -0.05) is 18.2 Å². The minimum Gasteiger partial charge on any atom is -0.454 e. The number of likely N-dealkylation sites (tertiary alicyclic amines) is 1. The van der Waals surface area contributed by atoms with E-state index in [-0.39, 0.29) is 0 Å². The van der Waals surface area contributed by atoms with Crippen molar-refractivity contribution < 1.29 is 9.47 Å². The minimum atomic E-state index is 0.312. The van der Waals surface area contributed by atoms with Crippen LogP contribution in [0.25, 0.3) is 5.69 Å². The van der Waals surface area contributed by atoms with E-state index in [4.69, 9.17) is 9.47 Å². The zero-order valence-electron chi connectivity index (χ0n) is 15.8. The molecule has 2 aliphatic rings. The molecular formula is C22H24N4O2. The number of para-hydroxylation sites is 1. The van der Waals surface area contributed by atoms with Gasteiger partial charge in [0.15, 0.2) is 11.5 Å². The maximum absolute atomic E-state index is 5.49. The Kier molecular flexibility index (Phi) is 4.62. The fourth-order valence-corrected chi connectivity index (χ4v) is 3.96. The zero-order valence-corrected chi connectivity index (χ0v) is 15.8. The summed E-state index contributed by atoms with van der Waals surface area (Å²) in [7, 11) is 0. The van der Waals surface area contributed by atoms with Gasteiger partial charge >= 0.3 is 0 Å². The first kappa shape index (κ1) is 17.1. The molecule has 2 aliphatic heterocycles. The Hall–Kier alpha value is -2.99. The third-order valence-electron chi connectivity index (χ3n) is 5.31. The highest BCUT2D eigenvalue weighted by Crippen LogP contribution is 2.34. The van der Waals surface area contributed by atoms with Crippen molar-refractivity contribution in [3.05, 3.63) is 66.5 Å². The third kappa shape index (κ3) is 3.68. The maximum atomic E-state index is 5.49. The number of fused-ring (bicyclic) bond motifs is 1. The lowest BCUT2D eigenvalue weighted by atomic mass is 10.0. The van der Waals surface area contributed by atoms with Crippen molar-refractivity contribution in [2.45, 2.75) is 25.4 Å². The molecule has 1 N–H and O–H groups in total. The number of ether oxygens (including phenoxy) is 2. The highest BCUT2D eigenvalue weighted by atomic mass is 16.7. The van der Waals surface area contributed by atoms with E-state index in [0.717, 1.165) is 42.5 Å². The molecule has 1 fully saturated rings. The van der Waals surface area contributed by atoms with Gasteiger partial charge in [0.25, 0.3) is 0 Å². The van der Waals surface area contributed by atoms with Crippen LogP contribution in [0.15, 0.2) is 60.9 Å². The summed E-state index contributed by atoms with van der Waals surface area (Å²) in [5.74, 6) is 1.65. The summed E-state index contributed by atoms with van der Waals surface area (Å²) in [6.45, 7) is 3.37. The number of aromatic nitrogens is 2. The summed E-state index contributed by atoms with van der Waals surface area (Å²) in [6, 6.07) is 16.7. The van der Waals surface area contributed by atoms with E-state index in [0.29, 0.717) is 12.8 Å². The van der Waals surface area contributed by atoms with Crippen LogP contribution in [0.5, 0.6) is 11.5 Å². The molecule has 1 saturated heterocycles. The van der Waals surface area contributed by atoms with Crippen molar-refractivity contribution >= 4 is 5.69 Å². The topological polar surface area (TPSA) is 51.5 Å². The van der Waals surface area contributed by atoms with Crippen LogP contribution in [0.2, 0.25) is 0 Å². The fourth-order valence-electron chi connectivity index (χ4n) is 3.96. The Labute approximate surface area is 164 Å². The summed E-state index contributed by atoms with van der Waals surface area (Å²) in [5, 5.41) is 8.18. The van der Waals surface area contributed by atoms with Gasteiger partial charge in [0.1, 0.15) is 0 Å². The molecule has 0 spiro atoms. The molecule has 0 amide bonds. The number of nitrogens with zero attached hydrogens (tertiary/aromatic N) is 3. The van der Waals surface area contributed by atoms with Gasteiger partial charge in [-0.15, -0.1) is 0 Å². The molecular weight excluding hydrogens is 352 g/mol. The highest BCUT2D eigenvalue weighted by molar-refractivity contribution is 5.56. The van der Waals surface area contributed by atoms with E-state index < -0.39 is 0 Å². The molecule has 3 heterocycles. The smallest absolute Gasteiger partial charge is 0.231 e. The van der Waals surface area contributed by atoms with E-state index in [2.05, 4.69) is 39.7 Å². The summed E-state index contributed by atoms with van der Waals surface area (Å²) in [5.41, 5.74) is 3.43. The van der Waals surface area contributed by atoms with Gasteiger partial charge in [-0.05, 0) is 43.7 Å². The number of nitrogens with one attached hydrogen (secondary N) is 1. The lowest BCUT2D eigenvalue weighted by Gasteiger charge is -2.33. The molecule has 5 rings (SSSR count). The normalized spacial score (nSPS) is 18.9. The van der Waals surface area contributed by atoms with Crippen molar-refractivity contribution in [1.29, 1.82) is 0 Å². The molecule has 0 saturated carbocycles. The molecule has 6 nitrogen and oxygen atoms in total. The lowest BCUT2D eigenvalue weighted by Crippen LogP contribution is -2.41.